The molecule has 0 bridgehead atoms. The van der Waals surface area contributed by atoms with Gasteiger partial charge in [-0.25, -0.2) is 9.78 Å². The van der Waals surface area contributed by atoms with Crippen LogP contribution in [0.4, 0.5) is 0 Å². The van der Waals surface area contributed by atoms with Crippen LogP contribution in [0.2, 0.25) is 0 Å². The highest BCUT2D eigenvalue weighted by molar-refractivity contribution is 5.90. The molecule has 1 aromatic heterocycles. The van der Waals surface area contributed by atoms with E-state index in [1.807, 2.05) is 26.0 Å². The molecule has 110 valence electrons. The summed E-state index contributed by atoms with van der Waals surface area (Å²) in [5.74, 6) is -0.0324. The Balaban J connectivity index is 2.26. The van der Waals surface area contributed by atoms with Gasteiger partial charge in [-0.2, -0.15) is 0 Å². The van der Waals surface area contributed by atoms with Crippen molar-refractivity contribution < 1.29 is 19.4 Å². The number of hydrogen-bond acceptors (Lipinski definition) is 4. The van der Waals surface area contributed by atoms with Crippen LogP contribution in [0.5, 0.6) is 11.6 Å². The van der Waals surface area contributed by atoms with Crippen molar-refractivity contribution in [1.29, 1.82) is 0 Å². The lowest BCUT2D eigenvalue weighted by molar-refractivity contribution is 0.0693. The van der Waals surface area contributed by atoms with Gasteiger partial charge in [0.05, 0.1) is 12.2 Å². The zero-order chi connectivity index (χ0) is 15.2. The second-order valence-electron chi connectivity index (χ2n) is 4.43. The first-order chi connectivity index (χ1) is 10.1. The standard InChI is InChI=1S/C16H17NO4/c1-3-20-14-8-5-7-12(16(18)19)13(14)10-21-15-9-4-6-11(2)17-15/h4-9H,3,10H2,1-2H3,(H,18,19). The first-order valence-corrected chi connectivity index (χ1v) is 6.66. The van der Waals surface area contributed by atoms with Crippen LogP contribution in [0.15, 0.2) is 36.4 Å². The molecule has 0 aliphatic carbocycles. The van der Waals surface area contributed by atoms with Crippen LogP contribution < -0.4 is 9.47 Å². The molecule has 1 aromatic carbocycles. The van der Waals surface area contributed by atoms with Gasteiger partial charge < -0.3 is 14.6 Å². The lowest BCUT2D eigenvalue weighted by Gasteiger charge is -2.13. The summed E-state index contributed by atoms with van der Waals surface area (Å²) in [6.45, 7) is 4.26. The Labute approximate surface area is 123 Å². The van der Waals surface area contributed by atoms with Crippen molar-refractivity contribution in [2.45, 2.75) is 20.5 Å². The number of aryl methyl sites for hydroxylation is 1. The number of ether oxygens (including phenoxy) is 2. The van der Waals surface area contributed by atoms with Gasteiger partial charge in [0, 0.05) is 17.3 Å². The summed E-state index contributed by atoms with van der Waals surface area (Å²) in [7, 11) is 0. The second-order valence-corrected chi connectivity index (χ2v) is 4.43. The van der Waals surface area contributed by atoms with Crippen molar-refractivity contribution in [2.24, 2.45) is 0 Å². The summed E-state index contributed by atoms with van der Waals surface area (Å²) in [5, 5.41) is 9.27. The van der Waals surface area contributed by atoms with E-state index in [4.69, 9.17) is 9.47 Å². The molecule has 0 atom stereocenters. The van der Waals surface area contributed by atoms with Gasteiger partial charge in [0.1, 0.15) is 12.4 Å². The third kappa shape index (κ3) is 3.72. The molecule has 0 radical (unpaired) electrons. The van der Waals surface area contributed by atoms with E-state index < -0.39 is 5.97 Å². The van der Waals surface area contributed by atoms with Crippen LogP contribution >= 0.6 is 0 Å². The quantitative estimate of drug-likeness (QED) is 0.884. The van der Waals surface area contributed by atoms with Crippen LogP contribution in [-0.2, 0) is 6.61 Å². The van der Waals surface area contributed by atoms with Crippen molar-refractivity contribution in [3.05, 3.63) is 53.2 Å². The third-order valence-corrected chi connectivity index (χ3v) is 2.89. The van der Waals surface area contributed by atoms with Gasteiger partial charge in [0.25, 0.3) is 0 Å². The molecule has 1 N–H and O–H groups in total. The van der Waals surface area contributed by atoms with Gasteiger partial charge in [-0.3, -0.25) is 0 Å². The second kappa shape index (κ2) is 6.74. The molecule has 5 heteroatoms. The Morgan fingerprint density at radius 1 is 1.19 bits per heavy atom. The van der Waals surface area contributed by atoms with Crippen molar-refractivity contribution >= 4 is 5.97 Å². The van der Waals surface area contributed by atoms with E-state index in [0.717, 1.165) is 5.69 Å². The Kier molecular flexibility index (Phi) is 4.77. The number of aromatic nitrogens is 1. The van der Waals surface area contributed by atoms with Gasteiger partial charge >= 0.3 is 5.97 Å². The molecule has 0 aliphatic rings. The highest BCUT2D eigenvalue weighted by Gasteiger charge is 2.15. The normalized spacial score (nSPS) is 10.2. The maximum atomic E-state index is 11.3. The average molecular weight is 287 g/mol. The zero-order valence-corrected chi connectivity index (χ0v) is 12.0. The SMILES string of the molecule is CCOc1cccc(C(=O)O)c1COc1cccc(C)n1. The lowest BCUT2D eigenvalue weighted by Crippen LogP contribution is -2.09. The monoisotopic (exact) mass is 287 g/mol. The smallest absolute Gasteiger partial charge is 0.336 e. The average Bonchev–Trinajstić information content (AvgIpc) is 2.46. The van der Waals surface area contributed by atoms with E-state index >= 15 is 0 Å². The number of carboxylic acids is 1. The molecule has 0 aliphatic heterocycles. The number of aromatic carboxylic acids is 1. The summed E-state index contributed by atoms with van der Waals surface area (Å²) in [6.07, 6.45) is 0. The minimum absolute atomic E-state index is 0.0915. The fourth-order valence-electron chi connectivity index (χ4n) is 1.95. The zero-order valence-electron chi connectivity index (χ0n) is 12.0. The minimum Gasteiger partial charge on any atom is -0.493 e. The molecule has 2 rings (SSSR count). The molecule has 0 unspecified atom stereocenters. The van der Waals surface area contributed by atoms with Crippen molar-refractivity contribution in [3.63, 3.8) is 0 Å². The van der Waals surface area contributed by atoms with E-state index in [0.29, 0.717) is 23.8 Å². The number of carbonyl (C=O) groups is 1. The molecule has 0 saturated carbocycles. The number of hydrogen-bond donors (Lipinski definition) is 1. The van der Waals surface area contributed by atoms with Gasteiger partial charge in [-0.15, -0.1) is 0 Å². The molecule has 21 heavy (non-hydrogen) atoms. The molecule has 0 spiro atoms. The number of benzene rings is 1. The topological polar surface area (TPSA) is 68.7 Å². The van der Waals surface area contributed by atoms with Gasteiger partial charge in [0.15, 0.2) is 0 Å². The molecule has 0 saturated heterocycles. The molecule has 2 aromatic rings. The first-order valence-electron chi connectivity index (χ1n) is 6.66. The molecular formula is C16H17NO4. The van der Waals surface area contributed by atoms with E-state index in [-0.39, 0.29) is 12.2 Å². The lowest BCUT2D eigenvalue weighted by atomic mass is 10.1. The Bertz CT molecular complexity index is 640. The number of pyridine rings is 1. The Morgan fingerprint density at radius 3 is 2.62 bits per heavy atom. The fraction of sp³-hybridized carbons (Fsp3) is 0.250. The highest BCUT2D eigenvalue weighted by atomic mass is 16.5. The van der Waals surface area contributed by atoms with Crippen molar-refractivity contribution in [2.75, 3.05) is 6.61 Å². The minimum atomic E-state index is -1.01. The third-order valence-electron chi connectivity index (χ3n) is 2.89. The van der Waals surface area contributed by atoms with E-state index in [1.165, 1.54) is 6.07 Å². The van der Waals surface area contributed by atoms with Crippen LogP contribution in [0.25, 0.3) is 0 Å². The summed E-state index contributed by atoms with van der Waals surface area (Å²) in [6, 6.07) is 10.4. The predicted octanol–water partition coefficient (Wildman–Crippen LogP) is 3.07. The Morgan fingerprint density at radius 2 is 1.95 bits per heavy atom. The maximum Gasteiger partial charge on any atom is 0.336 e. The maximum absolute atomic E-state index is 11.3. The molecule has 5 nitrogen and oxygen atoms in total. The van der Waals surface area contributed by atoms with E-state index in [9.17, 15) is 9.90 Å². The van der Waals surface area contributed by atoms with Crippen molar-refractivity contribution in [3.8, 4) is 11.6 Å². The van der Waals surface area contributed by atoms with Gasteiger partial charge in [0.2, 0.25) is 5.88 Å². The Hall–Kier alpha value is -2.56. The number of rotatable bonds is 6. The fourth-order valence-corrected chi connectivity index (χ4v) is 1.95. The molecular weight excluding hydrogens is 270 g/mol. The van der Waals surface area contributed by atoms with Crippen LogP contribution in [-0.4, -0.2) is 22.7 Å². The largest absolute Gasteiger partial charge is 0.493 e. The van der Waals surface area contributed by atoms with Crippen LogP contribution in [0.3, 0.4) is 0 Å². The van der Waals surface area contributed by atoms with Crippen LogP contribution in [0, 0.1) is 6.92 Å². The molecule has 0 fully saturated rings. The molecule has 0 amide bonds. The van der Waals surface area contributed by atoms with Crippen molar-refractivity contribution in [1.82, 2.24) is 4.98 Å². The summed E-state index contributed by atoms with van der Waals surface area (Å²) >= 11 is 0. The van der Waals surface area contributed by atoms with Crippen LogP contribution in [0.1, 0.15) is 28.5 Å². The highest BCUT2D eigenvalue weighted by Crippen LogP contribution is 2.24. The van der Waals surface area contributed by atoms with E-state index in [1.54, 1.807) is 18.2 Å². The summed E-state index contributed by atoms with van der Waals surface area (Å²) in [4.78, 5) is 15.5. The molecule has 1 heterocycles. The summed E-state index contributed by atoms with van der Waals surface area (Å²) in [5.41, 5.74) is 1.52. The number of carboxylic acid groups (broad SMARTS) is 1. The number of nitrogens with zero attached hydrogens (tertiary/aromatic N) is 1. The van der Waals surface area contributed by atoms with Gasteiger partial charge in [-0.1, -0.05) is 12.1 Å². The predicted molar refractivity (Wildman–Crippen MR) is 77.9 cm³/mol. The summed E-state index contributed by atoms with van der Waals surface area (Å²) < 4.78 is 11.1. The van der Waals surface area contributed by atoms with Gasteiger partial charge in [-0.05, 0) is 32.0 Å². The van der Waals surface area contributed by atoms with E-state index in [2.05, 4.69) is 4.98 Å². The first kappa shape index (κ1) is 14.8.